The van der Waals surface area contributed by atoms with Crippen LogP contribution in [0.2, 0.25) is 0 Å². The lowest BCUT2D eigenvalue weighted by Crippen LogP contribution is -2.28. The van der Waals surface area contributed by atoms with Gasteiger partial charge in [0.1, 0.15) is 11.9 Å². The Morgan fingerprint density at radius 3 is 2.89 bits per heavy atom. The van der Waals surface area contributed by atoms with E-state index in [1.54, 1.807) is 24.3 Å². The zero-order chi connectivity index (χ0) is 13.8. The summed E-state index contributed by atoms with van der Waals surface area (Å²) in [5.74, 6) is 0.201. The molecule has 1 atom stereocenters. The van der Waals surface area contributed by atoms with Crippen molar-refractivity contribution < 1.29 is 14.3 Å². The fraction of sp³-hybridized carbons (Fsp3) is 0.154. The van der Waals surface area contributed by atoms with Gasteiger partial charge >= 0.3 is 0 Å². The van der Waals surface area contributed by atoms with Gasteiger partial charge in [0.25, 0.3) is 5.91 Å². The van der Waals surface area contributed by atoms with Crippen molar-refractivity contribution >= 4 is 44.4 Å². The molecule has 0 bridgehead atoms. The lowest BCUT2D eigenvalue weighted by atomic mass is 10.2. The van der Waals surface area contributed by atoms with Crippen molar-refractivity contribution in [2.24, 2.45) is 0 Å². The number of amides is 1. The monoisotopic (exact) mass is 435 g/mol. The molecule has 1 heterocycles. The minimum atomic E-state index is -0.841. The highest BCUT2D eigenvalue weighted by Gasteiger charge is 2.13. The average molecular weight is 436 g/mol. The topological polar surface area (TPSA) is 62.5 Å². The van der Waals surface area contributed by atoms with Crippen LogP contribution in [0.5, 0.6) is 0 Å². The summed E-state index contributed by atoms with van der Waals surface area (Å²) >= 11 is 5.55. The van der Waals surface area contributed by atoms with Gasteiger partial charge in [0.2, 0.25) is 0 Å². The SMILES string of the molecule is O=C(NCC(O)c1ccco1)c1ccc(I)c(Br)c1. The normalized spacial score (nSPS) is 12.2. The van der Waals surface area contributed by atoms with Gasteiger partial charge in [0, 0.05) is 13.6 Å². The molecule has 0 aliphatic carbocycles. The predicted octanol–water partition coefficient (Wildman–Crippen LogP) is 3.11. The number of furan rings is 1. The summed E-state index contributed by atoms with van der Waals surface area (Å²) in [4.78, 5) is 11.9. The minimum absolute atomic E-state index is 0.107. The molecule has 2 rings (SSSR count). The first-order valence-corrected chi connectivity index (χ1v) is 7.40. The van der Waals surface area contributed by atoms with Gasteiger partial charge in [-0.25, -0.2) is 0 Å². The minimum Gasteiger partial charge on any atom is -0.467 e. The van der Waals surface area contributed by atoms with Gasteiger partial charge in [-0.3, -0.25) is 4.79 Å². The third kappa shape index (κ3) is 3.80. The third-order valence-electron chi connectivity index (χ3n) is 2.51. The fourth-order valence-corrected chi connectivity index (χ4v) is 2.22. The van der Waals surface area contributed by atoms with E-state index in [0.717, 1.165) is 8.04 Å². The van der Waals surface area contributed by atoms with Crippen molar-refractivity contribution in [3.05, 3.63) is 56.0 Å². The summed E-state index contributed by atoms with van der Waals surface area (Å²) in [6, 6.07) is 8.69. The molecule has 100 valence electrons. The van der Waals surface area contributed by atoms with Crippen molar-refractivity contribution in [3.63, 3.8) is 0 Å². The maximum Gasteiger partial charge on any atom is 0.251 e. The third-order valence-corrected chi connectivity index (χ3v) is 4.85. The summed E-state index contributed by atoms with van der Waals surface area (Å²) in [7, 11) is 0. The fourth-order valence-electron chi connectivity index (χ4n) is 1.51. The molecule has 4 nitrogen and oxygen atoms in total. The highest BCUT2D eigenvalue weighted by molar-refractivity contribution is 14.1. The molecular formula is C13H11BrINO3. The molecule has 1 aromatic heterocycles. The second-order valence-corrected chi connectivity index (χ2v) is 5.89. The molecule has 1 unspecified atom stereocenters. The van der Waals surface area contributed by atoms with Gasteiger partial charge in [-0.05, 0) is 68.9 Å². The van der Waals surface area contributed by atoms with Crippen LogP contribution in [0.3, 0.4) is 0 Å². The van der Waals surface area contributed by atoms with E-state index in [9.17, 15) is 9.90 Å². The molecule has 1 amide bonds. The molecule has 0 fully saturated rings. The number of nitrogens with one attached hydrogen (secondary N) is 1. The van der Waals surface area contributed by atoms with E-state index in [2.05, 4.69) is 43.8 Å². The summed E-state index contributed by atoms with van der Waals surface area (Å²) < 4.78 is 6.96. The Hall–Kier alpha value is -0.860. The van der Waals surface area contributed by atoms with Crippen molar-refractivity contribution in [2.45, 2.75) is 6.10 Å². The highest BCUT2D eigenvalue weighted by atomic mass is 127. The quantitative estimate of drug-likeness (QED) is 0.725. The summed E-state index contributed by atoms with van der Waals surface area (Å²) in [6.07, 6.45) is 0.641. The first-order chi connectivity index (χ1) is 9.08. The summed E-state index contributed by atoms with van der Waals surface area (Å²) in [5, 5.41) is 12.4. The number of halogens is 2. The standard InChI is InChI=1S/C13H11BrINO3/c14-9-6-8(3-4-10(9)15)13(18)16-7-11(17)12-2-1-5-19-12/h1-6,11,17H,7H2,(H,16,18). The predicted molar refractivity (Wildman–Crippen MR) is 82.9 cm³/mol. The molecular weight excluding hydrogens is 425 g/mol. The smallest absolute Gasteiger partial charge is 0.251 e. The largest absolute Gasteiger partial charge is 0.467 e. The molecule has 6 heteroatoms. The molecule has 0 saturated heterocycles. The Kier molecular flexibility index (Phi) is 5.00. The Bertz CT molecular complexity index is 571. The van der Waals surface area contributed by atoms with E-state index in [-0.39, 0.29) is 12.5 Å². The zero-order valence-corrected chi connectivity index (χ0v) is 13.5. The van der Waals surface area contributed by atoms with Gasteiger partial charge in [0.15, 0.2) is 0 Å². The average Bonchev–Trinajstić information content (AvgIpc) is 2.92. The van der Waals surface area contributed by atoms with Crippen LogP contribution in [0.15, 0.2) is 45.5 Å². The van der Waals surface area contributed by atoms with Crippen LogP contribution in [0.1, 0.15) is 22.2 Å². The second kappa shape index (κ2) is 6.53. The van der Waals surface area contributed by atoms with E-state index in [4.69, 9.17) is 4.42 Å². The van der Waals surface area contributed by atoms with E-state index >= 15 is 0 Å². The molecule has 0 radical (unpaired) electrons. The molecule has 19 heavy (non-hydrogen) atoms. The summed E-state index contributed by atoms with van der Waals surface area (Å²) in [6.45, 7) is 0.107. The van der Waals surface area contributed by atoms with Crippen molar-refractivity contribution in [1.82, 2.24) is 5.32 Å². The van der Waals surface area contributed by atoms with Gasteiger partial charge < -0.3 is 14.8 Å². The van der Waals surface area contributed by atoms with E-state index < -0.39 is 6.10 Å². The maximum atomic E-state index is 11.9. The van der Waals surface area contributed by atoms with E-state index in [1.807, 2.05) is 6.07 Å². The maximum absolute atomic E-state index is 11.9. The second-order valence-electron chi connectivity index (χ2n) is 3.87. The molecule has 0 aliphatic heterocycles. The Labute approximate surface area is 132 Å². The van der Waals surface area contributed by atoms with Gasteiger partial charge in [-0.15, -0.1) is 0 Å². The Morgan fingerprint density at radius 2 is 2.26 bits per heavy atom. The van der Waals surface area contributed by atoms with Crippen LogP contribution in [-0.4, -0.2) is 17.6 Å². The number of hydrogen-bond acceptors (Lipinski definition) is 3. The van der Waals surface area contributed by atoms with Crippen LogP contribution in [0.25, 0.3) is 0 Å². The van der Waals surface area contributed by atoms with Gasteiger partial charge in [0.05, 0.1) is 12.8 Å². The number of rotatable bonds is 4. The Balaban J connectivity index is 1.96. The summed E-state index contributed by atoms with van der Waals surface area (Å²) in [5.41, 5.74) is 0.541. The van der Waals surface area contributed by atoms with Crippen molar-refractivity contribution in [3.8, 4) is 0 Å². The Morgan fingerprint density at radius 1 is 1.47 bits per heavy atom. The lowest BCUT2D eigenvalue weighted by molar-refractivity contribution is 0.0901. The number of benzene rings is 1. The van der Waals surface area contributed by atoms with Gasteiger partial charge in [-0.2, -0.15) is 0 Å². The number of carbonyl (C=O) groups is 1. The van der Waals surface area contributed by atoms with Crippen LogP contribution in [0.4, 0.5) is 0 Å². The first kappa shape index (κ1) is 14.5. The van der Waals surface area contributed by atoms with Crippen LogP contribution in [0, 0.1) is 3.57 Å². The number of aliphatic hydroxyl groups excluding tert-OH is 1. The highest BCUT2D eigenvalue weighted by Crippen LogP contribution is 2.20. The van der Waals surface area contributed by atoms with Crippen molar-refractivity contribution in [2.75, 3.05) is 6.54 Å². The molecule has 0 spiro atoms. The lowest BCUT2D eigenvalue weighted by Gasteiger charge is -2.10. The zero-order valence-electron chi connectivity index (χ0n) is 9.77. The van der Waals surface area contributed by atoms with Gasteiger partial charge in [-0.1, -0.05) is 0 Å². The molecule has 0 saturated carbocycles. The number of carbonyl (C=O) groups excluding carboxylic acids is 1. The molecule has 2 aromatic rings. The van der Waals surface area contributed by atoms with Crippen LogP contribution in [-0.2, 0) is 0 Å². The first-order valence-electron chi connectivity index (χ1n) is 5.52. The van der Waals surface area contributed by atoms with Crippen LogP contribution < -0.4 is 5.32 Å². The molecule has 0 aliphatic rings. The van der Waals surface area contributed by atoms with E-state index in [1.165, 1.54) is 6.26 Å². The number of hydrogen-bond donors (Lipinski definition) is 2. The molecule has 2 N–H and O–H groups in total. The molecule has 1 aromatic carbocycles. The van der Waals surface area contributed by atoms with E-state index in [0.29, 0.717) is 11.3 Å². The van der Waals surface area contributed by atoms with Crippen molar-refractivity contribution in [1.29, 1.82) is 0 Å². The van der Waals surface area contributed by atoms with Crippen LogP contribution >= 0.6 is 38.5 Å². The number of aliphatic hydroxyl groups is 1.